The SMILES string of the molecule is COC(=O)[C@@]12C[C@H]1/C=C\CCCCOCC(=O)N1C[C@H](Oc3cc(-c4nc(C(C)C)cs4)nc4c(C)c(OC)ccc34)C[C@H]1C(=O)N2. The molecule has 1 saturated carbocycles. The Balaban J connectivity index is 1.33. The summed E-state index contributed by atoms with van der Waals surface area (Å²) in [6.45, 7) is 6.64. The highest BCUT2D eigenvalue weighted by atomic mass is 32.1. The minimum atomic E-state index is -1.14. The van der Waals surface area contributed by atoms with Crippen LogP contribution in [0.5, 0.6) is 11.5 Å². The maximum absolute atomic E-state index is 13.9. The second-order valence-corrected chi connectivity index (χ2v) is 13.7. The molecule has 4 heterocycles. The van der Waals surface area contributed by atoms with Gasteiger partial charge in [0, 0.05) is 41.3 Å². The summed E-state index contributed by atoms with van der Waals surface area (Å²) < 4.78 is 23.1. The second kappa shape index (κ2) is 13.6. The Hall–Kier alpha value is -4.03. The lowest BCUT2D eigenvalue weighted by Gasteiger charge is -2.25. The van der Waals surface area contributed by atoms with Crippen LogP contribution in [0.15, 0.2) is 35.7 Å². The van der Waals surface area contributed by atoms with Gasteiger partial charge in [0.15, 0.2) is 0 Å². The second-order valence-electron chi connectivity index (χ2n) is 12.8. The number of esters is 1. The van der Waals surface area contributed by atoms with Crippen LogP contribution < -0.4 is 14.8 Å². The molecule has 250 valence electrons. The van der Waals surface area contributed by atoms with Crippen molar-refractivity contribution in [3.05, 3.63) is 47.0 Å². The number of carbonyl (C=O) groups excluding carboxylic acids is 3. The average Bonchev–Trinajstić information content (AvgIpc) is 3.37. The van der Waals surface area contributed by atoms with Gasteiger partial charge in [-0.25, -0.2) is 14.8 Å². The molecule has 1 saturated heterocycles. The fourth-order valence-electron chi connectivity index (χ4n) is 6.47. The van der Waals surface area contributed by atoms with Crippen molar-refractivity contribution in [2.24, 2.45) is 5.92 Å². The predicted octanol–water partition coefficient (Wildman–Crippen LogP) is 4.95. The van der Waals surface area contributed by atoms with Gasteiger partial charge in [-0.2, -0.15) is 0 Å². The molecule has 0 unspecified atom stereocenters. The highest BCUT2D eigenvalue weighted by molar-refractivity contribution is 7.13. The molecule has 2 aromatic heterocycles. The number of allylic oxidation sites excluding steroid dienone is 1. The first-order chi connectivity index (χ1) is 22.6. The van der Waals surface area contributed by atoms with Crippen LogP contribution in [-0.2, 0) is 23.9 Å². The van der Waals surface area contributed by atoms with Crippen molar-refractivity contribution in [1.82, 2.24) is 20.2 Å². The number of nitrogens with one attached hydrogen (secondary N) is 1. The molecule has 0 spiro atoms. The lowest BCUT2D eigenvalue weighted by Crippen LogP contribution is -2.53. The Labute approximate surface area is 278 Å². The standard InChI is InChI=1S/C35H42N4O7S/c1-20(2)26-19-47-33(37-26)25-15-29(24-11-12-28(43-4)21(3)31(24)36-25)46-23-14-27-32(41)38-35(34(42)44-5)16-22(35)10-8-6-7-9-13-45-18-30(40)39(27)17-23/h8,10-12,15,19-20,22-23,27H,6-7,9,13-14,16-18H2,1-5H3,(H,38,41)/b10-8-/t22-,23-,27+,35-/m1/s1. The van der Waals surface area contributed by atoms with E-state index in [-0.39, 0.29) is 37.3 Å². The van der Waals surface area contributed by atoms with E-state index < -0.39 is 29.6 Å². The van der Waals surface area contributed by atoms with Crippen LogP contribution in [0, 0.1) is 12.8 Å². The molecule has 4 atom stereocenters. The Morgan fingerprint density at radius 2 is 2.00 bits per heavy atom. The van der Waals surface area contributed by atoms with E-state index in [1.165, 1.54) is 23.3 Å². The number of benzene rings is 1. The van der Waals surface area contributed by atoms with Crippen LogP contribution in [-0.4, -0.2) is 84.3 Å². The molecule has 1 aromatic carbocycles. The molecule has 3 aliphatic rings. The summed E-state index contributed by atoms with van der Waals surface area (Å²) in [4.78, 5) is 51.6. The van der Waals surface area contributed by atoms with Gasteiger partial charge in [0.2, 0.25) is 11.8 Å². The number of nitrogens with zero attached hydrogens (tertiary/aromatic N) is 3. The first kappa shape index (κ1) is 32.9. The fourth-order valence-corrected chi connectivity index (χ4v) is 7.41. The number of methoxy groups -OCH3 is 2. The molecule has 2 aliphatic heterocycles. The van der Waals surface area contributed by atoms with Gasteiger partial charge in [-0.1, -0.05) is 26.0 Å². The normalized spacial score (nSPS) is 25.7. The first-order valence-corrected chi connectivity index (χ1v) is 17.1. The van der Waals surface area contributed by atoms with Crippen LogP contribution in [0.4, 0.5) is 0 Å². The van der Waals surface area contributed by atoms with Gasteiger partial charge in [-0.3, -0.25) is 9.59 Å². The summed E-state index contributed by atoms with van der Waals surface area (Å²) in [6.07, 6.45) is 6.72. The Morgan fingerprint density at radius 1 is 1.17 bits per heavy atom. The van der Waals surface area contributed by atoms with Crippen molar-refractivity contribution in [3.63, 3.8) is 0 Å². The minimum Gasteiger partial charge on any atom is -0.496 e. The molecular weight excluding hydrogens is 620 g/mol. The molecule has 12 heteroatoms. The van der Waals surface area contributed by atoms with E-state index in [0.717, 1.165) is 46.4 Å². The van der Waals surface area contributed by atoms with Gasteiger partial charge < -0.3 is 29.2 Å². The first-order valence-electron chi connectivity index (χ1n) is 16.2. The third-order valence-corrected chi connectivity index (χ3v) is 10.2. The number of hydrogen-bond donors (Lipinski definition) is 1. The summed E-state index contributed by atoms with van der Waals surface area (Å²) in [7, 11) is 2.95. The van der Waals surface area contributed by atoms with E-state index in [1.807, 2.05) is 42.7 Å². The van der Waals surface area contributed by atoms with Crippen molar-refractivity contribution < 1.29 is 33.3 Å². The van der Waals surface area contributed by atoms with Crippen LogP contribution in [0.3, 0.4) is 0 Å². The summed E-state index contributed by atoms with van der Waals surface area (Å²) in [5.74, 6) is 0.196. The smallest absolute Gasteiger partial charge is 0.332 e. The fraction of sp³-hybridized carbons (Fsp3) is 0.514. The molecule has 2 amide bonds. The van der Waals surface area contributed by atoms with Crippen molar-refractivity contribution in [3.8, 4) is 22.2 Å². The molecule has 1 aliphatic carbocycles. The number of amides is 2. The number of hydrogen-bond acceptors (Lipinski definition) is 10. The molecule has 47 heavy (non-hydrogen) atoms. The van der Waals surface area contributed by atoms with Gasteiger partial charge in [0.1, 0.15) is 46.5 Å². The maximum atomic E-state index is 13.9. The highest BCUT2D eigenvalue weighted by Gasteiger charge is 2.62. The summed E-state index contributed by atoms with van der Waals surface area (Å²) in [5, 5.41) is 6.57. The summed E-state index contributed by atoms with van der Waals surface area (Å²) >= 11 is 1.53. The largest absolute Gasteiger partial charge is 0.496 e. The topological polar surface area (TPSA) is 129 Å². The van der Waals surface area contributed by atoms with E-state index >= 15 is 0 Å². The third kappa shape index (κ3) is 6.58. The number of thiazole rings is 1. The zero-order valence-corrected chi connectivity index (χ0v) is 28.4. The van der Waals surface area contributed by atoms with Crippen molar-refractivity contribution in [2.45, 2.75) is 76.5 Å². The van der Waals surface area contributed by atoms with E-state index in [4.69, 9.17) is 28.9 Å². The van der Waals surface area contributed by atoms with E-state index in [9.17, 15) is 14.4 Å². The minimum absolute atomic E-state index is 0.138. The van der Waals surface area contributed by atoms with Gasteiger partial charge >= 0.3 is 5.97 Å². The number of pyridine rings is 1. The number of rotatable bonds is 6. The lowest BCUT2D eigenvalue weighted by molar-refractivity contribution is -0.148. The highest BCUT2D eigenvalue weighted by Crippen LogP contribution is 2.46. The molecular formula is C35H42N4O7S. The van der Waals surface area contributed by atoms with Crippen molar-refractivity contribution in [2.75, 3.05) is 34.0 Å². The van der Waals surface area contributed by atoms with Gasteiger partial charge in [-0.15, -0.1) is 11.3 Å². The third-order valence-electron chi connectivity index (χ3n) is 9.29. The van der Waals surface area contributed by atoms with Crippen LogP contribution >= 0.6 is 11.3 Å². The molecule has 11 nitrogen and oxygen atoms in total. The van der Waals surface area contributed by atoms with Crippen LogP contribution in [0.2, 0.25) is 0 Å². The average molecular weight is 663 g/mol. The maximum Gasteiger partial charge on any atom is 0.332 e. The number of carbonyl (C=O) groups is 3. The van der Waals surface area contributed by atoms with Gasteiger partial charge in [0.05, 0.1) is 32.0 Å². The van der Waals surface area contributed by atoms with Gasteiger partial charge in [0.25, 0.3) is 0 Å². The summed E-state index contributed by atoms with van der Waals surface area (Å²) in [5.41, 5.74) is 2.11. The molecule has 6 rings (SSSR count). The van der Waals surface area contributed by atoms with Crippen molar-refractivity contribution >= 4 is 40.0 Å². The predicted molar refractivity (Wildman–Crippen MR) is 178 cm³/mol. The zero-order chi connectivity index (χ0) is 33.3. The van der Waals surface area contributed by atoms with E-state index in [0.29, 0.717) is 30.2 Å². The molecule has 0 radical (unpaired) electrons. The molecule has 3 aromatic rings. The Kier molecular flexibility index (Phi) is 9.52. The molecule has 1 N–H and O–H groups in total. The Morgan fingerprint density at radius 3 is 2.74 bits per heavy atom. The van der Waals surface area contributed by atoms with Crippen LogP contribution in [0.1, 0.15) is 63.1 Å². The molecule has 0 bridgehead atoms. The number of fused-ring (bicyclic) bond motifs is 3. The Bertz CT molecular complexity index is 1700. The monoisotopic (exact) mass is 662 g/mol. The van der Waals surface area contributed by atoms with Crippen molar-refractivity contribution in [1.29, 1.82) is 0 Å². The number of aromatic nitrogens is 2. The van der Waals surface area contributed by atoms with E-state index in [1.54, 1.807) is 7.11 Å². The van der Waals surface area contributed by atoms with Crippen LogP contribution in [0.25, 0.3) is 21.6 Å². The van der Waals surface area contributed by atoms with Gasteiger partial charge in [-0.05, 0) is 50.7 Å². The molecule has 2 fully saturated rings. The summed E-state index contributed by atoms with van der Waals surface area (Å²) in [6, 6.07) is 4.82. The number of aryl methyl sites for hydroxylation is 1. The van der Waals surface area contributed by atoms with E-state index in [2.05, 4.69) is 19.2 Å². The number of ether oxygens (including phenoxy) is 4. The zero-order valence-electron chi connectivity index (χ0n) is 27.5. The quantitative estimate of drug-likeness (QED) is 0.288. The lowest BCUT2D eigenvalue weighted by atomic mass is 10.1.